The minimum absolute atomic E-state index is 0.153. The van der Waals surface area contributed by atoms with Crippen molar-refractivity contribution in [3.63, 3.8) is 0 Å². The summed E-state index contributed by atoms with van der Waals surface area (Å²) in [7, 11) is -7.04. The van der Waals surface area contributed by atoms with Crippen molar-refractivity contribution >= 4 is 52.5 Å². The van der Waals surface area contributed by atoms with Crippen molar-refractivity contribution in [1.29, 1.82) is 0 Å². The Labute approximate surface area is 232 Å². The van der Waals surface area contributed by atoms with Gasteiger partial charge in [0.05, 0.1) is 26.6 Å². The second-order valence-corrected chi connectivity index (χ2v) is 14.7. The summed E-state index contributed by atoms with van der Waals surface area (Å²) in [6.45, 7) is 3.28. The molecule has 1 aliphatic heterocycles. The highest BCUT2D eigenvalue weighted by Gasteiger charge is 2.29. The predicted molar refractivity (Wildman–Crippen MR) is 151 cm³/mol. The maximum Gasteiger partial charge on any atom is 0.260 e. The van der Waals surface area contributed by atoms with E-state index in [1.54, 1.807) is 30.6 Å². The van der Waals surface area contributed by atoms with Crippen LogP contribution in [-0.2, 0) is 26.4 Å². The van der Waals surface area contributed by atoms with Gasteiger partial charge in [-0.05, 0) is 72.9 Å². The molecule has 1 amide bonds. The maximum atomic E-state index is 13.8. The van der Waals surface area contributed by atoms with Gasteiger partial charge in [0.1, 0.15) is 0 Å². The summed E-state index contributed by atoms with van der Waals surface area (Å²) < 4.78 is 52.5. The van der Waals surface area contributed by atoms with Gasteiger partial charge in [0, 0.05) is 37.3 Å². The fourth-order valence-electron chi connectivity index (χ4n) is 4.44. The summed E-state index contributed by atoms with van der Waals surface area (Å²) in [6, 6.07) is 14.3. The van der Waals surface area contributed by atoms with Crippen LogP contribution in [0.3, 0.4) is 0 Å². The molecule has 1 saturated heterocycles. The third kappa shape index (κ3) is 5.88. The van der Waals surface area contributed by atoms with Gasteiger partial charge in [0.2, 0.25) is 10.0 Å². The lowest BCUT2D eigenvalue weighted by Gasteiger charge is -2.29. The quantitative estimate of drug-likeness (QED) is 0.317. The lowest BCUT2D eigenvalue weighted by molar-refractivity contribution is 0.0985. The van der Waals surface area contributed by atoms with Crippen molar-refractivity contribution in [2.75, 3.05) is 24.2 Å². The van der Waals surface area contributed by atoms with Crippen LogP contribution in [0.2, 0.25) is 0 Å². The first-order chi connectivity index (χ1) is 18.5. The van der Waals surface area contributed by atoms with E-state index in [2.05, 4.69) is 16.9 Å². The average molecular weight is 585 g/mol. The van der Waals surface area contributed by atoms with Gasteiger partial charge in [-0.15, -0.1) is 0 Å². The van der Waals surface area contributed by atoms with Gasteiger partial charge in [-0.1, -0.05) is 24.3 Å². The highest BCUT2D eigenvalue weighted by atomic mass is 32.2. The summed E-state index contributed by atoms with van der Waals surface area (Å²) in [5.41, 5.74) is 1.66. The van der Waals surface area contributed by atoms with Crippen LogP contribution in [0.1, 0.15) is 35.7 Å². The van der Waals surface area contributed by atoms with Crippen LogP contribution in [0.15, 0.2) is 76.8 Å². The van der Waals surface area contributed by atoms with Crippen LogP contribution >= 0.6 is 11.3 Å². The first-order valence-electron chi connectivity index (χ1n) is 12.4. The number of aromatic nitrogens is 2. The second-order valence-electron chi connectivity index (χ2n) is 9.76. The number of hydrogen-bond acceptors (Lipinski definition) is 8. The molecule has 4 aromatic rings. The summed E-state index contributed by atoms with van der Waals surface area (Å²) in [4.78, 5) is 24.3. The Bertz CT molecular complexity index is 1710. The summed E-state index contributed by atoms with van der Waals surface area (Å²) >= 11 is 1.21. The molecular formula is C27H28N4O5S3. The smallest absolute Gasteiger partial charge is 0.260 e. The van der Waals surface area contributed by atoms with Crippen molar-refractivity contribution < 1.29 is 21.6 Å². The third-order valence-corrected chi connectivity index (χ3v) is 10.9. The zero-order valence-electron chi connectivity index (χ0n) is 21.5. The molecule has 0 aliphatic carbocycles. The fraction of sp³-hybridized carbons (Fsp3) is 0.296. The van der Waals surface area contributed by atoms with E-state index in [1.165, 1.54) is 50.9 Å². The number of carbonyl (C=O) groups is 1. The fourth-order valence-corrected chi connectivity index (χ4v) is 7.63. The number of carbonyl (C=O) groups excluding carboxylic acids is 1. The van der Waals surface area contributed by atoms with Gasteiger partial charge >= 0.3 is 0 Å². The molecular weight excluding hydrogens is 557 g/mol. The van der Waals surface area contributed by atoms with Crippen molar-refractivity contribution in [2.24, 2.45) is 5.92 Å². The van der Waals surface area contributed by atoms with Crippen molar-refractivity contribution in [3.05, 3.63) is 78.1 Å². The largest absolute Gasteiger partial charge is 0.279 e. The molecule has 5 rings (SSSR count). The molecule has 2 aromatic carbocycles. The second kappa shape index (κ2) is 10.8. The number of nitrogens with zero attached hydrogens (tertiary/aromatic N) is 4. The molecule has 39 heavy (non-hydrogen) atoms. The molecule has 204 valence electrons. The molecule has 0 radical (unpaired) electrons. The van der Waals surface area contributed by atoms with E-state index < -0.39 is 19.9 Å². The lowest BCUT2D eigenvalue weighted by Crippen LogP contribution is -2.37. The van der Waals surface area contributed by atoms with Crippen LogP contribution in [0.5, 0.6) is 0 Å². The van der Waals surface area contributed by atoms with Crippen molar-refractivity contribution in [3.8, 4) is 0 Å². The Morgan fingerprint density at radius 2 is 1.72 bits per heavy atom. The summed E-state index contributed by atoms with van der Waals surface area (Å²) in [5.74, 6) is 0.139. The number of rotatable bonds is 7. The molecule has 3 heterocycles. The van der Waals surface area contributed by atoms with Crippen molar-refractivity contribution in [2.45, 2.75) is 36.1 Å². The van der Waals surface area contributed by atoms with E-state index in [4.69, 9.17) is 0 Å². The highest BCUT2D eigenvalue weighted by Crippen LogP contribution is 2.33. The number of amides is 1. The first kappa shape index (κ1) is 27.4. The number of thiazole rings is 1. The highest BCUT2D eigenvalue weighted by molar-refractivity contribution is 7.90. The molecule has 0 N–H and O–H groups in total. The number of fused-ring (bicyclic) bond motifs is 1. The Kier molecular flexibility index (Phi) is 7.55. The predicted octanol–water partition coefficient (Wildman–Crippen LogP) is 4.36. The molecule has 12 heteroatoms. The minimum atomic E-state index is -3.64. The molecule has 1 fully saturated rings. The normalized spacial score (nSPS) is 15.4. The molecule has 0 spiro atoms. The monoisotopic (exact) mass is 584 g/mol. The van der Waals surface area contributed by atoms with Gasteiger partial charge in [0.25, 0.3) is 5.91 Å². The van der Waals surface area contributed by atoms with Crippen LogP contribution < -0.4 is 4.90 Å². The molecule has 0 unspecified atom stereocenters. The van der Waals surface area contributed by atoms with E-state index >= 15 is 0 Å². The molecule has 1 aliphatic rings. The standard InChI is InChI=1S/C27H28N4O5S3/c1-19-11-14-30(15-12-19)39(35,36)22-7-5-21(6-8-22)26(32)31(18-20-4-3-13-28-17-20)27-29-24-10-9-23(38(2,33)34)16-25(24)37-27/h3-10,13,16-17,19H,11-12,14-15,18H2,1-2H3. The SMILES string of the molecule is CC1CCN(S(=O)(=O)c2ccc(C(=O)N(Cc3cccnc3)c3nc4ccc(S(C)(=O)=O)cc4s3)cc2)CC1. The first-order valence-corrected chi connectivity index (χ1v) is 16.6. The Morgan fingerprint density at radius 1 is 1.03 bits per heavy atom. The van der Waals surface area contributed by atoms with Crippen molar-refractivity contribution in [1.82, 2.24) is 14.3 Å². The summed E-state index contributed by atoms with van der Waals surface area (Å²) in [6.07, 6.45) is 6.09. The number of hydrogen-bond donors (Lipinski definition) is 0. The Morgan fingerprint density at radius 3 is 2.36 bits per heavy atom. The topological polar surface area (TPSA) is 118 Å². The van der Waals surface area contributed by atoms with Gasteiger partial charge < -0.3 is 0 Å². The van der Waals surface area contributed by atoms with E-state index in [9.17, 15) is 21.6 Å². The van der Waals surface area contributed by atoms with Gasteiger partial charge in [-0.25, -0.2) is 21.8 Å². The Balaban J connectivity index is 1.47. The molecule has 0 atom stereocenters. The zero-order valence-corrected chi connectivity index (χ0v) is 24.0. The van der Waals surface area contributed by atoms with Crippen LogP contribution in [0.25, 0.3) is 10.2 Å². The number of benzene rings is 2. The van der Waals surface area contributed by atoms with E-state index in [1.807, 2.05) is 6.07 Å². The lowest BCUT2D eigenvalue weighted by atomic mass is 10.0. The number of anilines is 1. The van der Waals surface area contributed by atoms with E-state index in [-0.39, 0.29) is 22.2 Å². The van der Waals surface area contributed by atoms with Gasteiger partial charge in [-0.2, -0.15) is 4.31 Å². The molecule has 0 bridgehead atoms. The number of sulfonamides is 1. The van der Waals surface area contributed by atoms with E-state index in [0.717, 1.165) is 24.7 Å². The number of piperidine rings is 1. The van der Waals surface area contributed by atoms with Gasteiger partial charge in [0.15, 0.2) is 15.0 Å². The molecule has 0 saturated carbocycles. The summed E-state index contributed by atoms with van der Waals surface area (Å²) in [5, 5.41) is 0.392. The van der Waals surface area contributed by atoms with Gasteiger partial charge in [-0.3, -0.25) is 14.7 Å². The Hall–Kier alpha value is -3.19. The van der Waals surface area contributed by atoms with Crippen LogP contribution in [-0.4, -0.2) is 56.4 Å². The molecule has 9 nitrogen and oxygen atoms in total. The average Bonchev–Trinajstić information content (AvgIpc) is 3.35. The van der Waals surface area contributed by atoms with Crippen LogP contribution in [0, 0.1) is 5.92 Å². The zero-order chi connectivity index (χ0) is 27.8. The molecule has 2 aromatic heterocycles. The number of pyridine rings is 1. The minimum Gasteiger partial charge on any atom is -0.279 e. The van der Waals surface area contributed by atoms with E-state index in [0.29, 0.717) is 39.9 Å². The van der Waals surface area contributed by atoms with Crippen LogP contribution in [0.4, 0.5) is 5.13 Å². The number of sulfone groups is 1. The maximum absolute atomic E-state index is 13.8. The third-order valence-electron chi connectivity index (χ3n) is 6.80.